The van der Waals surface area contributed by atoms with Crippen LogP contribution in [0.5, 0.6) is 5.88 Å². The number of rotatable bonds is 6. The Morgan fingerprint density at radius 2 is 1.79 bits per heavy atom. The minimum Gasteiger partial charge on any atom is -0.474 e. The third-order valence-electron chi connectivity index (χ3n) is 2.89. The van der Waals surface area contributed by atoms with Crippen LogP contribution in [0, 0.1) is 12.8 Å². The number of nitrogens with zero attached hydrogens (tertiary/aromatic N) is 2. The lowest BCUT2D eigenvalue weighted by Crippen LogP contribution is -2.19. The summed E-state index contributed by atoms with van der Waals surface area (Å²) in [4.78, 5) is 8.89. The van der Waals surface area contributed by atoms with Gasteiger partial charge in [-0.1, -0.05) is 27.7 Å². The standard InChI is InChI=1S/C14H26N4O/c1-8(2)7-10(5)19-14-11(6)13(18-15)16-12(17-14)9(3)4/h8-10H,7,15H2,1-6H3,(H,16,17,18). The molecule has 0 fully saturated rings. The Labute approximate surface area is 115 Å². The molecule has 3 N–H and O–H groups in total. The molecule has 0 spiro atoms. The highest BCUT2D eigenvalue weighted by Gasteiger charge is 2.16. The van der Waals surface area contributed by atoms with E-state index >= 15 is 0 Å². The summed E-state index contributed by atoms with van der Waals surface area (Å²) in [5.41, 5.74) is 3.46. The first-order valence-corrected chi connectivity index (χ1v) is 6.86. The molecule has 0 amide bonds. The fourth-order valence-electron chi connectivity index (χ4n) is 1.93. The zero-order valence-corrected chi connectivity index (χ0v) is 12.8. The molecule has 0 radical (unpaired) electrons. The maximum atomic E-state index is 5.94. The van der Waals surface area contributed by atoms with E-state index in [0.29, 0.717) is 17.6 Å². The lowest BCUT2D eigenvalue weighted by atomic mass is 10.1. The number of nitrogens with one attached hydrogen (secondary N) is 1. The second kappa shape index (κ2) is 6.70. The number of hydrogen-bond acceptors (Lipinski definition) is 5. The molecule has 5 nitrogen and oxygen atoms in total. The largest absolute Gasteiger partial charge is 0.474 e. The lowest BCUT2D eigenvalue weighted by molar-refractivity contribution is 0.183. The van der Waals surface area contributed by atoms with Gasteiger partial charge < -0.3 is 10.2 Å². The minimum absolute atomic E-state index is 0.124. The van der Waals surface area contributed by atoms with Crippen LogP contribution < -0.4 is 16.0 Å². The van der Waals surface area contributed by atoms with Crippen LogP contribution >= 0.6 is 0 Å². The number of aromatic nitrogens is 2. The summed E-state index contributed by atoms with van der Waals surface area (Å²) in [7, 11) is 0. The maximum Gasteiger partial charge on any atom is 0.222 e. The van der Waals surface area contributed by atoms with Crippen LogP contribution in [0.1, 0.15) is 58.3 Å². The molecule has 1 heterocycles. The summed E-state index contributed by atoms with van der Waals surface area (Å²) < 4.78 is 5.94. The Morgan fingerprint density at radius 3 is 2.26 bits per heavy atom. The fourth-order valence-corrected chi connectivity index (χ4v) is 1.93. The normalized spacial score (nSPS) is 12.9. The van der Waals surface area contributed by atoms with Gasteiger partial charge in [-0.05, 0) is 26.2 Å². The molecule has 0 saturated carbocycles. The van der Waals surface area contributed by atoms with E-state index in [4.69, 9.17) is 10.6 Å². The number of hydrazine groups is 1. The Balaban J connectivity index is 3.01. The van der Waals surface area contributed by atoms with Crippen LogP contribution in [0.3, 0.4) is 0 Å². The van der Waals surface area contributed by atoms with Gasteiger partial charge >= 0.3 is 0 Å². The number of anilines is 1. The molecular formula is C14H26N4O. The van der Waals surface area contributed by atoms with E-state index in [-0.39, 0.29) is 12.0 Å². The van der Waals surface area contributed by atoms with Gasteiger partial charge in [-0.15, -0.1) is 0 Å². The number of nitrogen functional groups attached to an aromatic ring is 1. The topological polar surface area (TPSA) is 73.1 Å². The van der Waals surface area contributed by atoms with Crippen molar-refractivity contribution < 1.29 is 4.74 Å². The van der Waals surface area contributed by atoms with Crippen molar-refractivity contribution in [3.8, 4) is 5.88 Å². The Hall–Kier alpha value is -1.36. The number of ether oxygens (including phenoxy) is 1. The first-order chi connectivity index (χ1) is 8.85. The summed E-state index contributed by atoms with van der Waals surface area (Å²) in [6.45, 7) is 12.4. The Kier molecular flexibility index (Phi) is 5.54. The van der Waals surface area contributed by atoms with Crippen molar-refractivity contribution in [2.24, 2.45) is 11.8 Å². The van der Waals surface area contributed by atoms with Crippen molar-refractivity contribution in [3.05, 3.63) is 11.4 Å². The zero-order valence-electron chi connectivity index (χ0n) is 12.8. The zero-order chi connectivity index (χ0) is 14.6. The highest BCUT2D eigenvalue weighted by atomic mass is 16.5. The van der Waals surface area contributed by atoms with Crippen LogP contribution in [-0.2, 0) is 0 Å². The van der Waals surface area contributed by atoms with Gasteiger partial charge in [0.05, 0.1) is 11.7 Å². The molecule has 0 aliphatic carbocycles. The second-order valence-corrected chi connectivity index (χ2v) is 5.72. The van der Waals surface area contributed by atoms with E-state index in [9.17, 15) is 0 Å². The van der Waals surface area contributed by atoms with E-state index in [0.717, 1.165) is 17.8 Å². The molecule has 1 aromatic rings. The SMILES string of the molecule is Cc1c(NN)nc(C(C)C)nc1OC(C)CC(C)C. The third kappa shape index (κ3) is 4.35. The predicted octanol–water partition coefficient (Wildman–Crippen LogP) is 3.01. The summed E-state index contributed by atoms with van der Waals surface area (Å²) in [6, 6.07) is 0. The Morgan fingerprint density at radius 1 is 1.16 bits per heavy atom. The van der Waals surface area contributed by atoms with Crippen LogP contribution in [-0.4, -0.2) is 16.1 Å². The van der Waals surface area contributed by atoms with Gasteiger partial charge in [-0.25, -0.2) is 10.8 Å². The smallest absolute Gasteiger partial charge is 0.222 e. The highest BCUT2D eigenvalue weighted by Crippen LogP contribution is 2.25. The monoisotopic (exact) mass is 266 g/mol. The average Bonchev–Trinajstić information content (AvgIpc) is 2.30. The highest BCUT2D eigenvalue weighted by molar-refractivity contribution is 5.47. The van der Waals surface area contributed by atoms with Crippen molar-refractivity contribution in [2.75, 3.05) is 5.43 Å². The lowest BCUT2D eigenvalue weighted by Gasteiger charge is -2.19. The molecular weight excluding hydrogens is 240 g/mol. The van der Waals surface area contributed by atoms with Gasteiger partial charge in [0.1, 0.15) is 11.6 Å². The van der Waals surface area contributed by atoms with Crippen molar-refractivity contribution in [2.45, 2.75) is 60.0 Å². The van der Waals surface area contributed by atoms with E-state index in [1.54, 1.807) is 0 Å². The van der Waals surface area contributed by atoms with E-state index in [1.165, 1.54) is 0 Å². The number of hydrogen-bond donors (Lipinski definition) is 2. The molecule has 1 unspecified atom stereocenters. The predicted molar refractivity (Wildman–Crippen MR) is 78.2 cm³/mol. The molecule has 0 aromatic carbocycles. The van der Waals surface area contributed by atoms with Crippen molar-refractivity contribution in [1.29, 1.82) is 0 Å². The minimum atomic E-state index is 0.124. The molecule has 108 valence electrons. The molecule has 1 aromatic heterocycles. The second-order valence-electron chi connectivity index (χ2n) is 5.72. The van der Waals surface area contributed by atoms with Gasteiger partial charge in [-0.3, -0.25) is 0 Å². The molecule has 0 aliphatic rings. The van der Waals surface area contributed by atoms with Crippen molar-refractivity contribution in [1.82, 2.24) is 9.97 Å². The van der Waals surface area contributed by atoms with Crippen LogP contribution in [0.15, 0.2) is 0 Å². The van der Waals surface area contributed by atoms with Gasteiger partial charge in [0.2, 0.25) is 5.88 Å². The summed E-state index contributed by atoms with van der Waals surface area (Å²) >= 11 is 0. The summed E-state index contributed by atoms with van der Waals surface area (Å²) in [6.07, 6.45) is 1.12. The summed E-state index contributed by atoms with van der Waals surface area (Å²) in [5, 5.41) is 0. The first-order valence-electron chi connectivity index (χ1n) is 6.86. The summed E-state index contributed by atoms with van der Waals surface area (Å²) in [5.74, 6) is 8.32. The molecule has 0 aliphatic heterocycles. The molecule has 0 saturated heterocycles. The first kappa shape index (κ1) is 15.7. The maximum absolute atomic E-state index is 5.94. The quantitative estimate of drug-likeness (QED) is 0.611. The molecule has 1 atom stereocenters. The van der Waals surface area contributed by atoms with Gasteiger partial charge in [0, 0.05) is 5.92 Å². The van der Waals surface area contributed by atoms with Crippen molar-refractivity contribution >= 4 is 5.82 Å². The van der Waals surface area contributed by atoms with E-state index in [1.807, 2.05) is 20.8 Å². The molecule has 19 heavy (non-hydrogen) atoms. The molecule has 0 bridgehead atoms. The fraction of sp³-hybridized carbons (Fsp3) is 0.714. The van der Waals surface area contributed by atoms with E-state index < -0.39 is 0 Å². The van der Waals surface area contributed by atoms with Crippen LogP contribution in [0.2, 0.25) is 0 Å². The molecule has 5 heteroatoms. The number of nitrogens with two attached hydrogens (primary N) is 1. The Bertz CT molecular complexity index is 418. The van der Waals surface area contributed by atoms with Gasteiger partial charge in [0.15, 0.2) is 0 Å². The van der Waals surface area contributed by atoms with E-state index in [2.05, 4.69) is 36.2 Å². The average molecular weight is 266 g/mol. The van der Waals surface area contributed by atoms with Crippen molar-refractivity contribution in [3.63, 3.8) is 0 Å². The third-order valence-corrected chi connectivity index (χ3v) is 2.89. The van der Waals surface area contributed by atoms with Crippen LogP contribution in [0.25, 0.3) is 0 Å². The molecule has 1 rings (SSSR count). The van der Waals surface area contributed by atoms with Gasteiger partial charge in [0.25, 0.3) is 0 Å². The van der Waals surface area contributed by atoms with Crippen LogP contribution in [0.4, 0.5) is 5.82 Å². The van der Waals surface area contributed by atoms with Gasteiger partial charge in [-0.2, -0.15) is 4.98 Å².